The van der Waals surface area contributed by atoms with Crippen LogP contribution in [0.1, 0.15) is 24.6 Å². The first-order valence-electron chi connectivity index (χ1n) is 7.61. The zero-order chi connectivity index (χ0) is 17.0. The average Bonchev–Trinajstić information content (AvgIpc) is 3.20. The van der Waals surface area contributed by atoms with Crippen LogP contribution in [0.4, 0.5) is 0 Å². The molecule has 9 heteroatoms. The molecule has 126 valence electrons. The molecular formula is C15H17N5O4. The number of aromatic nitrogens is 5. The maximum absolute atomic E-state index is 10.2. The van der Waals surface area contributed by atoms with Gasteiger partial charge in [-0.3, -0.25) is 4.57 Å². The highest BCUT2D eigenvalue weighted by Gasteiger charge is 2.42. The van der Waals surface area contributed by atoms with Gasteiger partial charge in [0.1, 0.15) is 35.5 Å². The first-order chi connectivity index (χ1) is 11.5. The zero-order valence-electron chi connectivity index (χ0n) is 13.4. The van der Waals surface area contributed by atoms with E-state index in [0.717, 1.165) is 5.56 Å². The summed E-state index contributed by atoms with van der Waals surface area (Å²) in [4.78, 5) is 13.0. The van der Waals surface area contributed by atoms with E-state index in [0.29, 0.717) is 28.3 Å². The number of aliphatic hydroxyl groups excluding tert-OH is 2. The summed E-state index contributed by atoms with van der Waals surface area (Å²) in [5.74, 6) is 0.642. The Morgan fingerprint density at radius 1 is 1.12 bits per heavy atom. The third-order valence-electron chi connectivity index (χ3n) is 4.38. The van der Waals surface area contributed by atoms with Crippen molar-refractivity contribution in [3.8, 4) is 11.3 Å². The number of ether oxygens (including phenoxy) is 1. The summed E-state index contributed by atoms with van der Waals surface area (Å²) in [7, 11) is 0. The van der Waals surface area contributed by atoms with Crippen molar-refractivity contribution in [3.63, 3.8) is 0 Å². The largest absolute Gasteiger partial charge is 0.388 e. The van der Waals surface area contributed by atoms with Gasteiger partial charge in [0, 0.05) is 0 Å². The lowest BCUT2D eigenvalue weighted by molar-refractivity contribution is -0.0299. The molecule has 0 unspecified atom stereocenters. The summed E-state index contributed by atoms with van der Waals surface area (Å²) in [6, 6.07) is 0. The molecule has 0 amide bonds. The first-order valence-corrected chi connectivity index (χ1v) is 7.61. The maximum atomic E-state index is 10.2. The minimum Gasteiger partial charge on any atom is -0.388 e. The molecule has 0 spiro atoms. The molecule has 9 nitrogen and oxygen atoms in total. The molecule has 0 bridgehead atoms. The second-order valence-corrected chi connectivity index (χ2v) is 5.96. The van der Waals surface area contributed by atoms with Gasteiger partial charge in [0.15, 0.2) is 11.9 Å². The number of aryl methyl sites for hydroxylation is 2. The molecule has 4 rings (SSSR count). The Balaban J connectivity index is 1.86. The van der Waals surface area contributed by atoms with E-state index in [4.69, 9.17) is 9.26 Å². The Morgan fingerprint density at radius 2 is 1.92 bits per heavy atom. The van der Waals surface area contributed by atoms with Crippen molar-refractivity contribution in [1.29, 1.82) is 0 Å². The van der Waals surface area contributed by atoms with E-state index in [2.05, 4.69) is 20.1 Å². The summed E-state index contributed by atoms with van der Waals surface area (Å²) in [5.41, 5.74) is 3.15. The predicted octanol–water partition coefficient (Wildman–Crippen LogP) is 0.737. The number of rotatable bonds is 2. The molecule has 2 N–H and O–H groups in total. The van der Waals surface area contributed by atoms with E-state index < -0.39 is 24.5 Å². The van der Waals surface area contributed by atoms with Gasteiger partial charge in [0.2, 0.25) is 0 Å². The van der Waals surface area contributed by atoms with Crippen molar-refractivity contribution in [3.05, 3.63) is 24.1 Å². The monoisotopic (exact) mass is 331 g/mol. The molecule has 24 heavy (non-hydrogen) atoms. The summed E-state index contributed by atoms with van der Waals surface area (Å²) in [6.07, 6.45) is -0.312. The van der Waals surface area contributed by atoms with Crippen LogP contribution < -0.4 is 0 Å². The summed E-state index contributed by atoms with van der Waals surface area (Å²) >= 11 is 0. The lowest BCUT2D eigenvalue weighted by atomic mass is 10.1. The fourth-order valence-corrected chi connectivity index (χ4v) is 3.10. The standard InChI is InChI=1S/C15H17N5O4/c1-6-9(7(2)24-19-6)10-11-14(17-4-16-10)20(5-18-11)15-13(22)12(21)8(3)23-15/h4-5,8,12-13,15,21-22H,1-3H3/t8-,12-,13-,15-/m1/s1. The van der Waals surface area contributed by atoms with Crippen LogP contribution >= 0.6 is 0 Å². The minimum atomic E-state index is -1.06. The number of hydrogen-bond donors (Lipinski definition) is 2. The molecule has 1 fully saturated rings. The molecule has 0 radical (unpaired) electrons. The van der Waals surface area contributed by atoms with Crippen molar-refractivity contribution >= 4 is 11.2 Å². The highest BCUT2D eigenvalue weighted by molar-refractivity contribution is 5.88. The van der Waals surface area contributed by atoms with Crippen molar-refractivity contribution in [2.45, 2.75) is 45.3 Å². The van der Waals surface area contributed by atoms with Crippen LogP contribution in [0.5, 0.6) is 0 Å². The number of aliphatic hydroxyl groups is 2. The maximum Gasteiger partial charge on any atom is 0.166 e. The van der Waals surface area contributed by atoms with E-state index in [1.165, 1.54) is 12.7 Å². The molecule has 1 aliphatic heterocycles. The summed E-state index contributed by atoms with van der Waals surface area (Å²) in [6.45, 7) is 5.35. The average molecular weight is 331 g/mol. The highest BCUT2D eigenvalue weighted by atomic mass is 16.6. The molecule has 1 saturated heterocycles. The Labute approximate surface area is 136 Å². The van der Waals surface area contributed by atoms with Crippen molar-refractivity contribution in [2.24, 2.45) is 0 Å². The number of hydrogen-bond acceptors (Lipinski definition) is 8. The third-order valence-corrected chi connectivity index (χ3v) is 4.38. The van der Waals surface area contributed by atoms with Gasteiger partial charge in [-0.1, -0.05) is 5.16 Å². The Bertz CT molecular complexity index is 885. The van der Waals surface area contributed by atoms with Gasteiger partial charge < -0.3 is 19.5 Å². The third kappa shape index (κ3) is 2.05. The van der Waals surface area contributed by atoms with Crippen LogP contribution in [0.3, 0.4) is 0 Å². The normalized spacial score (nSPS) is 27.2. The molecule has 3 aromatic rings. The van der Waals surface area contributed by atoms with Gasteiger partial charge >= 0.3 is 0 Å². The Kier molecular flexibility index (Phi) is 3.37. The molecular weight excluding hydrogens is 314 g/mol. The quantitative estimate of drug-likeness (QED) is 0.705. The van der Waals surface area contributed by atoms with Gasteiger partial charge in [0.05, 0.1) is 23.7 Å². The van der Waals surface area contributed by atoms with Crippen molar-refractivity contribution < 1.29 is 19.5 Å². The van der Waals surface area contributed by atoms with Gasteiger partial charge in [-0.25, -0.2) is 15.0 Å². The van der Waals surface area contributed by atoms with Crippen LogP contribution in [-0.2, 0) is 4.74 Å². The second kappa shape index (κ2) is 5.33. The Morgan fingerprint density at radius 3 is 2.54 bits per heavy atom. The van der Waals surface area contributed by atoms with Crippen molar-refractivity contribution in [2.75, 3.05) is 0 Å². The van der Waals surface area contributed by atoms with Crippen LogP contribution in [0.15, 0.2) is 17.2 Å². The molecule has 3 aromatic heterocycles. The number of nitrogens with zero attached hydrogens (tertiary/aromatic N) is 5. The molecule has 4 atom stereocenters. The van der Waals surface area contributed by atoms with E-state index >= 15 is 0 Å². The van der Waals surface area contributed by atoms with Gasteiger partial charge in [-0.2, -0.15) is 0 Å². The first kappa shape index (κ1) is 15.2. The number of imidazole rings is 1. The SMILES string of the molecule is Cc1noc(C)c1-c1ncnc2c1ncn2[C@@H]1O[C@H](C)[C@@H](O)[C@H]1O. The van der Waals surface area contributed by atoms with E-state index in [1.807, 2.05) is 13.8 Å². The number of fused-ring (bicyclic) bond motifs is 1. The molecule has 0 aromatic carbocycles. The summed E-state index contributed by atoms with van der Waals surface area (Å²) < 4.78 is 12.5. The van der Waals surface area contributed by atoms with Crippen LogP contribution in [0.25, 0.3) is 22.4 Å². The Hall–Kier alpha value is -2.36. The summed E-state index contributed by atoms with van der Waals surface area (Å²) in [5, 5.41) is 24.1. The lowest BCUT2D eigenvalue weighted by Crippen LogP contribution is -2.30. The van der Waals surface area contributed by atoms with Crippen LogP contribution in [0.2, 0.25) is 0 Å². The van der Waals surface area contributed by atoms with E-state index in [-0.39, 0.29) is 0 Å². The van der Waals surface area contributed by atoms with Gasteiger partial charge in [-0.05, 0) is 20.8 Å². The highest BCUT2D eigenvalue weighted by Crippen LogP contribution is 2.34. The molecule has 1 aliphatic rings. The lowest BCUT2D eigenvalue weighted by Gasteiger charge is -2.16. The van der Waals surface area contributed by atoms with Gasteiger partial charge in [-0.15, -0.1) is 0 Å². The van der Waals surface area contributed by atoms with Crippen LogP contribution in [0, 0.1) is 13.8 Å². The van der Waals surface area contributed by atoms with E-state index in [9.17, 15) is 10.2 Å². The van der Waals surface area contributed by atoms with Crippen LogP contribution in [-0.4, -0.2) is 53.2 Å². The smallest absolute Gasteiger partial charge is 0.166 e. The van der Waals surface area contributed by atoms with Crippen molar-refractivity contribution in [1.82, 2.24) is 24.7 Å². The topological polar surface area (TPSA) is 119 Å². The minimum absolute atomic E-state index is 0.480. The fraction of sp³-hybridized carbons (Fsp3) is 0.467. The molecule has 0 aliphatic carbocycles. The predicted molar refractivity (Wildman–Crippen MR) is 81.9 cm³/mol. The second-order valence-electron chi connectivity index (χ2n) is 5.96. The molecule has 0 saturated carbocycles. The van der Waals surface area contributed by atoms with E-state index in [1.54, 1.807) is 11.5 Å². The zero-order valence-corrected chi connectivity index (χ0v) is 13.4. The van der Waals surface area contributed by atoms with Gasteiger partial charge in [0.25, 0.3) is 0 Å². The molecule has 4 heterocycles. The fourth-order valence-electron chi connectivity index (χ4n) is 3.10.